The predicted molar refractivity (Wildman–Crippen MR) is 67.5 cm³/mol. The Balaban J connectivity index is 2.39. The van der Waals surface area contributed by atoms with Crippen LogP contribution in [0.5, 0.6) is 0 Å². The zero-order valence-electron chi connectivity index (χ0n) is 10.4. The first-order valence-electron chi connectivity index (χ1n) is 6.11. The molecular formula is C14H18FNO. The van der Waals surface area contributed by atoms with Gasteiger partial charge in [0.05, 0.1) is 5.52 Å². The average molecular weight is 235 g/mol. The van der Waals surface area contributed by atoms with Gasteiger partial charge in [-0.3, -0.25) is 0 Å². The number of rotatable bonds is 5. The lowest BCUT2D eigenvalue weighted by Gasteiger charge is -2.05. The van der Waals surface area contributed by atoms with Crippen molar-refractivity contribution >= 4 is 10.9 Å². The van der Waals surface area contributed by atoms with Gasteiger partial charge in [0, 0.05) is 18.2 Å². The molecule has 92 valence electrons. The molecule has 0 spiro atoms. The van der Waals surface area contributed by atoms with E-state index in [2.05, 4.69) is 6.92 Å². The Bertz CT molecular complexity index is 504. The molecule has 2 aromatic rings. The molecule has 17 heavy (non-hydrogen) atoms. The molecule has 0 saturated heterocycles. The van der Waals surface area contributed by atoms with E-state index in [1.807, 2.05) is 23.8 Å². The minimum absolute atomic E-state index is 0.145. The Morgan fingerprint density at radius 1 is 1.29 bits per heavy atom. The minimum atomic E-state index is -0.145. The SMILES string of the molecule is CCCOCn1cc(CC)c2c(F)cccc21. The standard InChI is InChI=1S/C14H18FNO/c1-3-8-17-10-16-9-11(4-2)14-12(15)6-5-7-13(14)16/h5-7,9H,3-4,8,10H2,1-2H3. The molecule has 0 aliphatic heterocycles. The summed E-state index contributed by atoms with van der Waals surface area (Å²) in [5.41, 5.74) is 1.95. The third kappa shape index (κ3) is 2.34. The summed E-state index contributed by atoms with van der Waals surface area (Å²) in [6.45, 7) is 5.34. The molecule has 0 radical (unpaired) electrons. The van der Waals surface area contributed by atoms with Gasteiger partial charge in [-0.1, -0.05) is 19.9 Å². The molecule has 1 aromatic carbocycles. The summed E-state index contributed by atoms with van der Waals surface area (Å²) in [4.78, 5) is 0. The van der Waals surface area contributed by atoms with Crippen LogP contribution in [-0.4, -0.2) is 11.2 Å². The molecule has 1 heterocycles. The van der Waals surface area contributed by atoms with Crippen LogP contribution < -0.4 is 0 Å². The van der Waals surface area contributed by atoms with Crippen molar-refractivity contribution in [3.63, 3.8) is 0 Å². The molecule has 0 bridgehead atoms. The minimum Gasteiger partial charge on any atom is -0.361 e. The number of fused-ring (bicyclic) bond motifs is 1. The van der Waals surface area contributed by atoms with E-state index < -0.39 is 0 Å². The van der Waals surface area contributed by atoms with Gasteiger partial charge in [0.25, 0.3) is 0 Å². The van der Waals surface area contributed by atoms with Crippen molar-refractivity contribution < 1.29 is 9.13 Å². The number of benzene rings is 1. The van der Waals surface area contributed by atoms with Crippen LogP contribution in [0.25, 0.3) is 10.9 Å². The van der Waals surface area contributed by atoms with Gasteiger partial charge < -0.3 is 9.30 Å². The largest absolute Gasteiger partial charge is 0.361 e. The second-order valence-corrected chi connectivity index (χ2v) is 4.15. The van der Waals surface area contributed by atoms with Gasteiger partial charge in [0.1, 0.15) is 12.5 Å². The summed E-state index contributed by atoms with van der Waals surface area (Å²) < 4.78 is 21.3. The molecule has 2 nitrogen and oxygen atoms in total. The maximum absolute atomic E-state index is 13.8. The van der Waals surface area contributed by atoms with Crippen molar-refractivity contribution in [3.8, 4) is 0 Å². The molecule has 0 aliphatic carbocycles. The van der Waals surface area contributed by atoms with Crippen molar-refractivity contribution in [2.75, 3.05) is 6.61 Å². The molecule has 1 aromatic heterocycles. The van der Waals surface area contributed by atoms with Gasteiger partial charge in [0.2, 0.25) is 0 Å². The number of aryl methyl sites for hydroxylation is 1. The number of ether oxygens (including phenoxy) is 1. The van der Waals surface area contributed by atoms with Crippen LogP contribution in [0.2, 0.25) is 0 Å². The van der Waals surface area contributed by atoms with Gasteiger partial charge in [0.15, 0.2) is 0 Å². The molecule has 0 unspecified atom stereocenters. The monoisotopic (exact) mass is 235 g/mol. The van der Waals surface area contributed by atoms with Gasteiger partial charge in [-0.15, -0.1) is 0 Å². The van der Waals surface area contributed by atoms with E-state index in [-0.39, 0.29) is 5.82 Å². The zero-order chi connectivity index (χ0) is 12.3. The van der Waals surface area contributed by atoms with Crippen LogP contribution in [0.15, 0.2) is 24.4 Å². The molecule has 0 atom stereocenters. The van der Waals surface area contributed by atoms with E-state index in [0.717, 1.165) is 35.9 Å². The number of halogens is 1. The number of hydrogen-bond acceptors (Lipinski definition) is 1. The Morgan fingerprint density at radius 3 is 2.82 bits per heavy atom. The van der Waals surface area contributed by atoms with E-state index in [0.29, 0.717) is 6.73 Å². The quantitative estimate of drug-likeness (QED) is 0.720. The Labute approximate surface area is 101 Å². The van der Waals surface area contributed by atoms with E-state index in [9.17, 15) is 4.39 Å². The maximum Gasteiger partial charge on any atom is 0.132 e. The molecule has 0 amide bonds. The highest BCUT2D eigenvalue weighted by Crippen LogP contribution is 2.24. The van der Waals surface area contributed by atoms with Crippen molar-refractivity contribution in [2.24, 2.45) is 0 Å². The average Bonchev–Trinajstić information content (AvgIpc) is 2.70. The first kappa shape index (κ1) is 12.1. The van der Waals surface area contributed by atoms with Gasteiger partial charge in [-0.05, 0) is 30.5 Å². The summed E-state index contributed by atoms with van der Waals surface area (Å²) in [5.74, 6) is -0.145. The Hall–Kier alpha value is -1.35. The normalized spacial score (nSPS) is 11.2. The van der Waals surface area contributed by atoms with E-state index in [1.165, 1.54) is 6.07 Å². The lowest BCUT2D eigenvalue weighted by molar-refractivity contribution is 0.0803. The lowest BCUT2D eigenvalue weighted by Crippen LogP contribution is -2.01. The highest BCUT2D eigenvalue weighted by Gasteiger charge is 2.10. The summed E-state index contributed by atoms with van der Waals surface area (Å²) in [5, 5.41) is 0.732. The van der Waals surface area contributed by atoms with E-state index in [4.69, 9.17) is 4.74 Å². The van der Waals surface area contributed by atoms with E-state index in [1.54, 1.807) is 6.07 Å². The van der Waals surface area contributed by atoms with E-state index >= 15 is 0 Å². The molecule has 2 rings (SSSR count). The lowest BCUT2D eigenvalue weighted by atomic mass is 10.1. The van der Waals surface area contributed by atoms with Crippen molar-refractivity contribution in [1.29, 1.82) is 0 Å². The Kier molecular flexibility index (Phi) is 3.79. The Morgan fingerprint density at radius 2 is 2.12 bits per heavy atom. The van der Waals surface area contributed by atoms with Crippen LogP contribution in [0.1, 0.15) is 25.8 Å². The topological polar surface area (TPSA) is 14.2 Å². The van der Waals surface area contributed by atoms with Crippen LogP contribution in [0.3, 0.4) is 0 Å². The molecule has 0 N–H and O–H groups in total. The highest BCUT2D eigenvalue weighted by molar-refractivity contribution is 5.84. The van der Waals surface area contributed by atoms with Crippen LogP contribution in [0.4, 0.5) is 4.39 Å². The first-order chi connectivity index (χ1) is 8.27. The zero-order valence-corrected chi connectivity index (χ0v) is 10.4. The smallest absolute Gasteiger partial charge is 0.132 e. The predicted octanol–water partition coefficient (Wildman–Crippen LogP) is 3.73. The molecule has 0 fully saturated rings. The first-order valence-corrected chi connectivity index (χ1v) is 6.11. The van der Waals surface area contributed by atoms with Crippen molar-refractivity contribution in [1.82, 2.24) is 4.57 Å². The van der Waals surface area contributed by atoms with Gasteiger partial charge >= 0.3 is 0 Å². The fraction of sp³-hybridized carbons (Fsp3) is 0.429. The fourth-order valence-corrected chi connectivity index (χ4v) is 2.07. The van der Waals surface area contributed by atoms with Crippen LogP contribution in [0, 0.1) is 5.82 Å². The summed E-state index contributed by atoms with van der Waals surface area (Å²) in [6.07, 6.45) is 3.82. The highest BCUT2D eigenvalue weighted by atomic mass is 19.1. The van der Waals surface area contributed by atoms with Gasteiger partial charge in [-0.2, -0.15) is 0 Å². The summed E-state index contributed by atoms with van der Waals surface area (Å²) >= 11 is 0. The van der Waals surface area contributed by atoms with Crippen LogP contribution in [-0.2, 0) is 17.9 Å². The number of hydrogen-bond donors (Lipinski definition) is 0. The van der Waals surface area contributed by atoms with Gasteiger partial charge in [-0.25, -0.2) is 4.39 Å². The molecule has 0 saturated carbocycles. The number of nitrogens with zero attached hydrogens (tertiary/aromatic N) is 1. The van der Waals surface area contributed by atoms with Crippen molar-refractivity contribution in [3.05, 3.63) is 35.8 Å². The maximum atomic E-state index is 13.8. The number of aromatic nitrogens is 1. The van der Waals surface area contributed by atoms with Crippen molar-refractivity contribution in [2.45, 2.75) is 33.4 Å². The molecular weight excluding hydrogens is 217 g/mol. The summed E-state index contributed by atoms with van der Waals surface area (Å²) in [7, 11) is 0. The third-order valence-corrected chi connectivity index (χ3v) is 2.89. The summed E-state index contributed by atoms with van der Waals surface area (Å²) in [6, 6.07) is 5.19. The fourth-order valence-electron chi connectivity index (χ4n) is 2.07. The molecule has 3 heteroatoms. The van der Waals surface area contributed by atoms with Crippen LogP contribution >= 0.6 is 0 Å². The second kappa shape index (κ2) is 5.32. The second-order valence-electron chi connectivity index (χ2n) is 4.15. The third-order valence-electron chi connectivity index (χ3n) is 2.89. The molecule has 0 aliphatic rings.